The van der Waals surface area contributed by atoms with Crippen molar-refractivity contribution in [2.24, 2.45) is 0 Å². The van der Waals surface area contributed by atoms with Crippen molar-refractivity contribution in [3.05, 3.63) is 28.8 Å². The Kier molecular flexibility index (Phi) is 5.34. The molecule has 0 aliphatic heterocycles. The first-order valence-electron chi connectivity index (χ1n) is 4.90. The molecule has 1 aromatic rings. The van der Waals surface area contributed by atoms with Crippen molar-refractivity contribution in [2.75, 3.05) is 13.2 Å². The fourth-order valence-electron chi connectivity index (χ4n) is 1.18. The van der Waals surface area contributed by atoms with Gasteiger partial charge in [-0.15, -0.1) is 6.42 Å². The Balaban J connectivity index is 2.63. The van der Waals surface area contributed by atoms with E-state index in [-0.39, 0.29) is 25.7 Å². The SMILES string of the molecule is C#CCNC(=O)COc1c(Cl)cccc1CO. The van der Waals surface area contributed by atoms with Crippen LogP contribution < -0.4 is 10.1 Å². The zero-order valence-electron chi connectivity index (χ0n) is 9.07. The van der Waals surface area contributed by atoms with E-state index in [1.54, 1.807) is 18.2 Å². The lowest BCUT2D eigenvalue weighted by atomic mass is 10.2. The third-order valence-electron chi connectivity index (χ3n) is 1.95. The van der Waals surface area contributed by atoms with Crippen molar-refractivity contribution in [1.82, 2.24) is 5.32 Å². The van der Waals surface area contributed by atoms with Gasteiger partial charge in [0, 0.05) is 5.56 Å². The minimum absolute atomic E-state index is 0.150. The lowest BCUT2D eigenvalue weighted by molar-refractivity contribution is -0.122. The zero-order chi connectivity index (χ0) is 12.7. The molecule has 0 aliphatic carbocycles. The van der Waals surface area contributed by atoms with Crippen LogP contribution in [-0.2, 0) is 11.4 Å². The van der Waals surface area contributed by atoms with Gasteiger partial charge in [-0.25, -0.2) is 0 Å². The lowest BCUT2D eigenvalue weighted by Gasteiger charge is -2.11. The molecule has 0 aliphatic rings. The number of hydrogen-bond acceptors (Lipinski definition) is 3. The molecule has 1 rings (SSSR count). The van der Waals surface area contributed by atoms with Crippen LogP contribution in [0.4, 0.5) is 0 Å². The number of hydrogen-bond donors (Lipinski definition) is 2. The van der Waals surface area contributed by atoms with Gasteiger partial charge in [0.25, 0.3) is 5.91 Å². The molecule has 17 heavy (non-hydrogen) atoms. The number of halogens is 1. The largest absolute Gasteiger partial charge is 0.482 e. The highest BCUT2D eigenvalue weighted by Gasteiger charge is 2.09. The lowest BCUT2D eigenvalue weighted by Crippen LogP contribution is -2.29. The average molecular weight is 254 g/mol. The van der Waals surface area contributed by atoms with E-state index in [9.17, 15) is 4.79 Å². The number of benzene rings is 1. The third kappa shape index (κ3) is 3.99. The molecule has 0 aromatic heterocycles. The van der Waals surface area contributed by atoms with Crippen molar-refractivity contribution < 1.29 is 14.6 Å². The summed E-state index contributed by atoms with van der Waals surface area (Å²) < 4.78 is 5.25. The molecule has 0 heterocycles. The Bertz CT molecular complexity index is 440. The summed E-state index contributed by atoms with van der Waals surface area (Å²) in [4.78, 5) is 11.2. The Labute approximate surface area is 105 Å². The van der Waals surface area contributed by atoms with Gasteiger partial charge in [0.2, 0.25) is 0 Å². The molecule has 2 N–H and O–H groups in total. The maximum atomic E-state index is 11.2. The number of aliphatic hydroxyl groups is 1. The molecule has 0 bridgehead atoms. The van der Waals surface area contributed by atoms with Gasteiger partial charge < -0.3 is 15.2 Å². The quantitative estimate of drug-likeness (QED) is 0.769. The molecular formula is C12H12ClNO3. The maximum Gasteiger partial charge on any atom is 0.258 e. The second-order valence-electron chi connectivity index (χ2n) is 3.16. The molecule has 90 valence electrons. The van der Waals surface area contributed by atoms with E-state index in [0.717, 1.165) is 0 Å². The van der Waals surface area contributed by atoms with E-state index in [4.69, 9.17) is 27.9 Å². The van der Waals surface area contributed by atoms with Crippen LogP contribution in [0.2, 0.25) is 5.02 Å². The average Bonchev–Trinajstić information content (AvgIpc) is 2.34. The Morgan fingerprint density at radius 3 is 3.00 bits per heavy atom. The van der Waals surface area contributed by atoms with Gasteiger partial charge in [-0.05, 0) is 6.07 Å². The van der Waals surface area contributed by atoms with Gasteiger partial charge in [0.05, 0.1) is 18.2 Å². The van der Waals surface area contributed by atoms with Crippen LogP contribution in [-0.4, -0.2) is 24.2 Å². The summed E-state index contributed by atoms with van der Waals surface area (Å²) in [6.07, 6.45) is 4.99. The topological polar surface area (TPSA) is 58.6 Å². The third-order valence-corrected chi connectivity index (χ3v) is 2.25. The summed E-state index contributed by atoms with van der Waals surface area (Å²) in [5.41, 5.74) is 0.530. The van der Waals surface area contributed by atoms with Gasteiger partial charge in [0.1, 0.15) is 5.75 Å². The van der Waals surface area contributed by atoms with Crippen LogP contribution >= 0.6 is 11.6 Å². The summed E-state index contributed by atoms with van der Waals surface area (Å²) in [6.45, 7) is -0.252. The molecule has 4 nitrogen and oxygen atoms in total. The van der Waals surface area contributed by atoms with Crippen LogP contribution in [0.15, 0.2) is 18.2 Å². The van der Waals surface area contributed by atoms with Crippen molar-refractivity contribution in [3.8, 4) is 18.1 Å². The standard InChI is InChI=1S/C12H12ClNO3/c1-2-6-14-11(16)8-17-12-9(7-15)4-3-5-10(12)13/h1,3-5,15H,6-8H2,(H,14,16). The molecule has 0 saturated heterocycles. The second-order valence-corrected chi connectivity index (χ2v) is 3.56. The van der Waals surface area contributed by atoms with Gasteiger partial charge in [-0.1, -0.05) is 29.7 Å². The first-order valence-corrected chi connectivity index (χ1v) is 5.28. The minimum Gasteiger partial charge on any atom is -0.482 e. The molecule has 0 unspecified atom stereocenters. The first kappa shape index (κ1) is 13.4. The molecule has 5 heteroatoms. The summed E-state index contributed by atoms with van der Waals surface area (Å²) in [5, 5.41) is 11.9. The highest BCUT2D eigenvalue weighted by atomic mass is 35.5. The van der Waals surface area contributed by atoms with Crippen molar-refractivity contribution in [2.45, 2.75) is 6.61 Å². The minimum atomic E-state index is -0.341. The number of terminal acetylenes is 1. The van der Waals surface area contributed by atoms with Crippen molar-refractivity contribution in [1.29, 1.82) is 0 Å². The Morgan fingerprint density at radius 1 is 1.59 bits per heavy atom. The molecular weight excluding hydrogens is 242 g/mol. The molecule has 0 fully saturated rings. The van der Waals surface area contributed by atoms with E-state index in [2.05, 4.69) is 11.2 Å². The first-order chi connectivity index (χ1) is 8.19. The van der Waals surface area contributed by atoms with Crippen molar-refractivity contribution in [3.63, 3.8) is 0 Å². The highest BCUT2D eigenvalue weighted by molar-refractivity contribution is 6.32. The molecule has 1 amide bonds. The molecule has 0 radical (unpaired) electrons. The van der Waals surface area contributed by atoms with Gasteiger partial charge in [-0.3, -0.25) is 4.79 Å². The summed E-state index contributed by atoms with van der Waals surface area (Å²) in [5.74, 6) is 2.25. The Morgan fingerprint density at radius 2 is 2.35 bits per heavy atom. The van der Waals surface area contributed by atoms with Gasteiger partial charge in [0.15, 0.2) is 6.61 Å². The fourth-order valence-corrected chi connectivity index (χ4v) is 1.43. The number of carbonyl (C=O) groups excluding carboxylic acids is 1. The fraction of sp³-hybridized carbons (Fsp3) is 0.250. The van der Waals surface area contributed by atoms with Gasteiger partial charge in [-0.2, -0.15) is 0 Å². The second kappa shape index (κ2) is 6.79. The molecule has 1 aromatic carbocycles. The predicted molar refractivity (Wildman–Crippen MR) is 64.7 cm³/mol. The monoisotopic (exact) mass is 253 g/mol. The van der Waals surface area contributed by atoms with Gasteiger partial charge >= 0.3 is 0 Å². The van der Waals surface area contributed by atoms with E-state index in [1.807, 2.05) is 0 Å². The predicted octanol–water partition coefficient (Wildman–Crippen LogP) is 0.960. The zero-order valence-corrected chi connectivity index (χ0v) is 9.83. The summed E-state index contributed by atoms with van der Waals surface area (Å²) in [7, 11) is 0. The molecule has 0 atom stereocenters. The number of ether oxygens (including phenoxy) is 1. The summed E-state index contributed by atoms with van der Waals surface area (Å²) in [6, 6.07) is 4.98. The van der Waals surface area contributed by atoms with Crippen LogP contribution in [0.3, 0.4) is 0 Å². The van der Waals surface area contributed by atoms with Crippen LogP contribution in [0.5, 0.6) is 5.75 Å². The summed E-state index contributed by atoms with van der Waals surface area (Å²) >= 11 is 5.90. The smallest absolute Gasteiger partial charge is 0.258 e. The normalized spacial score (nSPS) is 9.47. The van der Waals surface area contributed by atoms with E-state index in [0.29, 0.717) is 16.3 Å². The highest BCUT2D eigenvalue weighted by Crippen LogP contribution is 2.28. The van der Waals surface area contributed by atoms with E-state index in [1.165, 1.54) is 0 Å². The van der Waals surface area contributed by atoms with E-state index >= 15 is 0 Å². The number of aliphatic hydroxyl groups excluding tert-OH is 1. The number of nitrogens with one attached hydrogen (secondary N) is 1. The van der Waals surface area contributed by atoms with Crippen LogP contribution in [0.25, 0.3) is 0 Å². The van der Waals surface area contributed by atoms with E-state index < -0.39 is 0 Å². The number of amides is 1. The Hall–Kier alpha value is -1.70. The van der Waals surface area contributed by atoms with Crippen LogP contribution in [0.1, 0.15) is 5.56 Å². The number of carbonyl (C=O) groups is 1. The molecule has 0 saturated carbocycles. The number of rotatable bonds is 5. The number of para-hydroxylation sites is 1. The maximum absolute atomic E-state index is 11.2. The van der Waals surface area contributed by atoms with Crippen LogP contribution in [0, 0.1) is 12.3 Å². The van der Waals surface area contributed by atoms with Crippen molar-refractivity contribution >= 4 is 17.5 Å². The molecule has 0 spiro atoms.